The van der Waals surface area contributed by atoms with Gasteiger partial charge in [-0.05, 0) is 13.0 Å². The summed E-state index contributed by atoms with van der Waals surface area (Å²) in [4.78, 5) is 8.35. The molecule has 0 atom stereocenters. The zero-order valence-electron chi connectivity index (χ0n) is 8.36. The zero-order chi connectivity index (χ0) is 10.3. The average molecular weight is 202 g/mol. The van der Waals surface area contributed by atoms with E-state index in [0.717, 1.165) is 28.1 Å². The van der Waals surface area contributed by atoms with Crippen LogP contribution >= 0.6 is 0 Å². The Labute approximate surface area is 86.9 Å². The molecule has 3 rings (SSSR count). The van der Waals surface area contributed by atoms with E-state index in [0.29, 0.717) is 13.2 Å². The van der Waals surface area contributed by atoms with Crippen LogP contribution in [0.1, 0.15) is 5.69 Å². The van der Waals surface area contributed by atoms with Gasteiger partial charge in [0.25, 0.3) is 0 Å². The first kappa shape index (κ1) is 8.47. The van der Waals surface area contributed by atoms with Crippen molar-refractivity contribution < 1.29 is 9.47 Å². The minimum Gasteiger partial charge on any atom is -0.486 e. The molecule has 1 aliphatic rings. The second-order valence-corrected chi connectivity index (χ2v) is 3.47. The molecule has 0 saturated heterocycles. The number of hydrogen-bond donors (Lipinski definition) is 0. The van der Waals surface area contributed by atoms with Gasteiger partial charge >= 0.3 is 0 Å². The molecule has 0 spiro atoms. The van der Waals surface area contributed by atoms with Gasteiger partial charge in [-0.25, -0.2) is 9.97 Å². The second-order valence-electron chi connectivity index (χ2n) is 3.47. The maximum Gasteiger partial charge on any atom is 0.163 e. The molecule has 4 heteroatoms. The first-order chi connectivity index (χ1) is 7.34. The molecule has 0 saturated carbocycles. The Morgan fingerprint density at radius 1 is 1.07 bits per heavy atom. The third-order valence-corrected chi connectivity index (χ3v) is 2.50. The number of hydrogen-bond acceptors (Lipinski definition) is 4. The predicted molar refractivity (Wildman–Crippen MR) is 55.3 cm³/mol. The van der Waals surface area contributed by atoms with Crippen molar-refractivity contribution in [3.63, 3.8) is 0 Å². The molecule has 0 amide bonds. The topological polar surface area (TPSA) is 44.2 Å². The van der Waals surface area contributed by atoms with Crippen molar-refractivity contribution in [2.75, 3.05) is 13.2 Å². The minimum absolute atomic E-state index is 0.600. The number of aromatic nitrogens is 2. The summed E-state index contributed by atoms with van der Waals surface area (Å²) in [5.74, 6) is 1.55. The van der Waals surface area contributed by atoms with Gasteiger partial charge in [-0.1, -0.05) is 0 Å². The number of aryl methyl sites for hydroxylation is 1. The Bertz CT molecular complexity index is 525. The molecule has 0 bridgehead atoms. The third-order valence-electron chi connectivity index (χ3n) is 2.50. The van der Waals surface area contributed by atoms with E-state index in [9.17, 15) is 0 Å². The van der Waals surface area contributed by atoms with E-state index in [-0.39, 0.29) is 0 Å². The number of benzene rings is 1. The zero-order valence-corrected chi connectivity index (χ0v) is 8.36. The molecular formula is C11H10N2O2. The molecule has 2 aromatic rings. The van der Waals surface area contributed by atoms with Gasteiger partial charge in [0.05, 0.1) is 5.52 Å². The molecule has 0 fully saturated rings. The molecule has 1 aromatic heterocycles. The van der Waals surface area contributed by atoms with Gasteiger partial charge in [0, 0.05) is 17.1 Å². The molecule has 0 unspecified atom stereocenters. The van der Waals surface area contributed by atoms with Gasteiger partial charge in [0.2, 0.25) is 0 Å². The van der Waals surface area contributed by atoms with Gasteiger partial charge < -0.3 is 9.47 Å². The summed E-state index contributed by atoms with van der Waals surface area (Å²) in [7, 11) is 0. The largest absolute Gasteiger partial charge is 0.486 e. The number of nitrogens with zero attached hydrogens (tertiary/aromatic N) is 2. The summed E-state index contributed by atoms with van der Waals surface area (Å²) in [5.41, 5.74) is 1.85. The van der Waals surface area contributed by atoms with Crippen LogP contribution in [0.15, 0.2) is 18.5 Å². The lowest BCUT2D eigenvalue weighted by Gasteiger charge is -2.18. The summed E-state index contributed by atoms with van der Waals surface area (Å²) in [5, 5.41) is 1.02. The normalized spacial score (nSPS) is 14.2. The maximum absolute atomic E-state index is 5.51. The Morgan fingerprint density at radius 3 is 2.60 bits per heavy atom. The molecule has 0 radical (unpaired) electrons. The van der Waals surface area contributed by atoms with Crippen LogP contribution < -0.4 is 9.47 Å². The van der Waals surface area contributed by atoms with Crippen LogP contribution in [0.25, 0.3) is 10.9 Å². The van der Waals surface area contributed by atoms with Crippen LogP contribution in [0.2, 0.25) is 0 Å². The van der Waals surface area contributed by atoms with Crippen molar-refractivity contribution in [3.05, 3.63) is 24.2 Å². The average Bonchev–Trinajstić information content (AvgIpc) is 2.27. The lowest BCUT2D eigenvalue weighted by molar-refractivity contribution is 0.172. The van der Waals surface area contributed by atoms with Crippen molar-refractivity contribution in [3.8, 4) is 11.5 Å². The standard InChI is InChI=1S/C11H10N2O2/c1-7-8-4-10-11(15-3-2-14-10)5-9(8)13-6-12-7/h4-6H,2-3H2,1H3. The highest BCUT2D eigenvalue weighted by atomic mass is 16.6. The van der Waals surface area contributed by atoms with E-state index < -0.39 is 0 Å². The van der Waals surface area contributed by atoms with E-state index >= 15 is 0 Å². The molecule has 1 aliphatic heterocycles. The van der Waals surface area contributed by atoms with Crippen molar-refractivity contribution in [1.29, 1.82) is 0 Å². The van der Waals surface area contributed by atoms with E-state index in [1.165, 1.54) is 0 Å². The van der Waals surface area contributed by atoms with Crippen LogP contribution in [-0.2, 0) is 0 Å². The lowest BCUT2D eigenvalue weighted by Crippen LogP contribution is -2.15. The smallest absolute Gasteiger partial charge is 0.163 e. The molecule has 0 N–H and O–H groups in total. The fourth-order valence-corrected chi connectivity index (χ4v) is 1.72. The van der Waals surface area contributed by atoms with E-state index in [1.807, 2.05) is 19.1 Å². The second kappa shape index (κ2) is 3.08. The summed E-state index contributed by atoms with van der Waals surface area (Å²) >= 11 is 0. The first-order valence-corrected chi connectivity index (χ1v) is 4.85. The van der Waals surface area contributed by atoms with Gasteiger partial charge in [-0.2, -0.15) is 0 Å². The molecule has 15 heavy (non-hydrogen) atoms. The predicted octanol–water partition coefficient (Wildman–Crippen LogP) is 1.71. The van der Waals surface area contributed by atoms with Crippen molar-refractivity contribution in [2.45, 2.75) is 6.92 Å². The molecule has 4 nitrogen and oxygen atoms in total. The molecule has 1 aromatic carbocycles. The van der Waals surface area contributed by atoms with E-state index in [2.05, 4.69) is 9.97 Å². The van der Waals surface area contributed by atoms with Crippen LogP contribution in [-0.4, -0.2) is 23.2 Å². The molecule has 0 aliphatic carbocycles. The van der Waals surface area contributed by atoms with Crippen LogP contribution in [0.5, 0.6) is 11.5 Å². The number of fused-ring (bicyclic) bond motifs is 2. The number of ether oxygens (including phenoxy) is 2. The Kier molecular flexibility index (Phi) is 1.74. The quantitative estimate of drug-likeness (QED) is 0.652. The Morgan fingerprint density at radius 2 is 1.80 bits per heavy atom. The summed E-state index contributed by atoms with van der Waals surface area (Å²) in [6, 6.07) is 3.84. The van der Waals surface area contributed by atoms with Crippen LogP contribution in [0.4, 0.5) is 0 Å². The fraction of sp³-hybridized carbons (Fsp3) is 0.273. The molecule has 2 heterocycles. The molecule has 76 valence electrons. The minimum atomic E-state index is 0.600. The van der Waals surface area contributed by atoms with Crippen LogP contribution in [0, 0.1) is 6.92 Å². The van der Waals surface area contributed by atoms with Gasteiger partial charge in [0.15, 0.2) is 11.5 Å². The number of rotatable bonds is 0. The Hall–Kier alpha value is -1.84. The van der Waals surface area contributed by atoms with Crippen molar-refractivity contribution in [2.24, 2.45) is 0 Å². The molecular weight excluding hydrogens is 192 g/mol. The highest BCUT2D eigenvalue weighted by Crippen LogP contribution is 2.34. The lowest BCUT2D eigenvalue weighted by atomic mass is 10.1. The van der Waals surface area contributed by atoms with Crippen LogP contribution in [0.3, 0.4) is 0 Å². The SMILES string of the molecule is Cc1ncnc2cc3c(cc12)OCCO3. The maximum atomic E-state index is 5.51. The summed E-state index contributed by atoms with van der Waals surface area (Å²) < 4.78 is 11.0. The van der Waals surface area contributed by atoms with Crippen molar-refractivity contribution >= 4 is 10.9 Å². The van der Waals surface area contributed by atoms with E-state index in [4.69, 9.17) is 9.47 Å². The van der Waals surface area contributed by atoms with E-state index in [1.54, 1.807) is 6.33 Å². The highest BCUT2D eigenvalue weighted by molar-refractivity contribution is 5.84. The summed E-state index contributed by atoms with van der Waals surface area (Å²) in [6.45, 7) is 3.16. The van der Waals surface area contributed by atoms with Gasteiger partial charge in [-0.15, -0.1) is 0 Å². The highest BCUT2D eigenvalue weighted by Gasteiger charge is 2.13. The Balaban J connectivity index is 2.31. The first-order valence-electron chi connectivity index (χ1n) is 4.85. The fourth-order valence-electron chi connectivity index (χ4n) is 1.72. The van der Waals surface area contributed by atoms with Gasteiger partial charge in [0.1, 0.15) is 19.5 Å². The van der Waals surface area contributed by atoms with Gasteiger partial charge in [-0.3, -0.25) is 0 Å². The third kappa shape index (κ3) is 1.29. The van der Waals surface area contributed by atoms with Crippen molar-refractivity contribution in [1.82, 2.24) is 9.97 Å². The summed E-state index contributed by atoms with van der Waals surface area (Å²) in [6.07, 6.45) is 1.56. The monoisotopic (exact) mass is 202 g/mol.